The molecule has 0 spiro atoms. The fourth-order valence-corrected chi connectivity index (χ4v) is 4.64. The first-order chi connectivity index (χ1) is 14.5. The number of alkyl halides is 2. The van der Waals surface area contributed by atoms with Gasteiger partial charge in [-0.05, 0) is 43.0 Å². The molecule has 2 heterocycles. The zero-order chi connectivity index (χ0) is 22.4. The summed E-state index contributed by atoms with van der Waals surface area (Å²) in [7, 11) is -1.82. The molecule has 166 valence electrons. The van der Waals surface area contributed by atoms with Crippen LogP contribution in [0.15, 0.2) is 46.3 Å². The van der Waals surface area contributed by atoms with Gasteiger partial charge in [0.15, 0.2) is 9.84 Å². The number of H-pyrrole nitrogens is 1. The van der Waals surface area contributed by atoms with Gasteiger partial charge in [0.2, 0.25) is 5.92 Å². The standard InChI is InChI=1S/C22H24F2N2O4S/c1-26-10-7-16-18(12-25-20(16)21(26)27)17-11-15(31(2,28)29)3-4-19(17)30-13-14-5-8-22(23,24)9-6-14/h3-4,7,10-12,14,25H,5-6,8-9,13H2,1-2H3. The summed E-state index contributed by atoms with van der Waals surface area (Å²) in [6.45, 7) is 0.269. The van der Waals surface area contributed by atoms with E-state index in [4.69, 9.17) is 4.74 Å². The molecule has 0 radical (unpaired) electrons. The van der Waals surface area contributed by atoms with Gasteiger partial charge in [0.1, 0.15) is 11.3 Å². The number of aromatic nitrogens is 2. The van der Waals surface area contributed by atoms with E-state index >= 15 is 0 Å². The van der Waals surface area contributed by atoms with Crippen molar-refractivity contribution in [1.29, 1.82) is 0 Å². The topological polar surface area (TPSA) is 81.2 Å². The smallest absolute Gasteiger partial charge is 0.274 e. The highest BCUT2D eigenvalue weighted by Crippen LogP contribution is 2.39. The van der Waals surface area contributed by atoms with Crippen LogP contribution in [0.5, 0.6) is 5.75 Å². The summed E-state index contributed by atoms with van der Waals surface area (Å²) in [6.07, 6.45) is 4.89. The van der Waals surface area contributed by atoms with Crippen molar-refractivity contribution in [1.82, 2.24) is 9.55 Å². The molecule has 9 heteroatoms. The van der Waals surface area contributed by atoms with Gasteiger partial charge in [-0.25, -0.2) is 17.2 Å². The van der Waals surface area contributed by atoms with Crippen LogP contribution in [0.2, 0.25) is 0 Å². The van der Waals surface area contributed by atoms with Gasteiger partial charge in [-0.3, -0.25) is 4.79 Å². The number of fused-ring (bicyclic) bond motifs is 1. The number of sulfone groups is 1. The normalized spacial score (nSPS) is 17.2. The largest absolute Gasteiger partial charge is 0.493 e. The summed E-state index contributed by atoms with van der Waals surface area (Å²) in [5.41, 5.74) is 1.38. The highest BCUT2D eigenvalue weighted by molar-refractivity contribution is 7.90. The fourth-order valence-electron chi connectivity index (χ4n) is 3.99. The SMILES string of the molecule is Cn1ccc2c(-c3cc(S(C)(=O)=O)ccc3OCC3CCC(F)(F)CC3)c[nH]c2c1=O. The van der Waals surface area contributed by atoms with Crippen LogP contribution in [0.3, 0.4) is 0 Å². The second-order valence-corrected chi connectivity index (χ2v) is 10.3. The highest BCUT2D eigenvalue weighted by atomic mass is 32.2. The number of ether oxygens (including phenoxy) is 1. The first kappa shape index (κ1) is 21.5. The van der Waals surface area contributed by atoms with E-state index < -0.39 is 15.8 Å². The van der Waals surface area contributed by atoms with Crippen LogP contribution in [0, 0.1) is 5.92 Å². The molecule has 0 saturated heterocycles. The number of rotatable bonds is 5. The zero-order valence-electron chi connectivity index (χ0n) is 17.3. The van der Waals surface area contributed by atoms with Crippen molar-refractivity contribution in [2.24, 2.45) is 13.0 Å². The third-order valence-electron chi connectivity index (χ3n) is 5.90. The van der Waals surface area contributed by atoms with E-state index in [1.807, 2.05) is 0 Å². The Hall–Kier alpha value is -2.68. The molecule has 0 aliphatic heterocycles. The summed E-state index contributed by atoms with van der Waals surface area (Å²) in [5.74, 6) is -2.14. The van der Waals surface area contributed by atoms with E-state index in [9.17, 15) is 22.0 Å². The quantitative estimate of drug-likeness (QED) is 0.634. The summed E-state index contributed by atoms with van der Waals surface area (Å²) >= 11 is 0. The molecule has 0 amide bonds. The summed E-state index contributed by atoms with van der Waals surface area (Å²) in [6, 6.07) is 6.36. The summed E-state index contributed by atoms with van der Waals surface area (Å²) < 4.78 is 58.6. The molecule has 0 atom stereocenters. The zero-order valence-corrected chi connectivity index (χ0v) is 18.1. The Morgan fingerprint density at radius 3 is 2.58 bits per heavy atom. The predicted molar refractivity (Wildman–Crippen MR) is 114 cm³/mol. The second-order valence-electron chi connectivity index (χ2n) is 8.26. The predicted octanol–water partition coefficient (Wildman–Crippen LogP) is 4.14. The minimum Gasteiger partial charge on any atom is -0.493 e. The lowest BCUT2D eigenvalue weighted by atomic mass is 9.87. The van der Waals surface area contributed by atoms with Gasteiger partial charge in [0, 0.05) is 55.1 Å². The van der Waals surface area contributed by atoms with E-state index in [0.717, 1.165) is 6.26 Å². The molecule has 3 aromatic rings. The van der Waals surface area contributed by atoms with Crippen molar-refractivity contribution in [2.45, 2.75) is 36.5 Å². The average Bonchev–Trinajstić information content (AvgIpc) is 3.14. The number of nitrogens with one attached hydrogen (secondary N) is 1. The minimum atomic E-state index is -3.46. The van der Waals surface area contributed by atoms with Crippen LogP contribution in [0.1, 0.15) is 25.7 Å². The number of aryl methyl sites for hydroxylation is 1. The van der Waals surface area contributed by atoms with E-state index in [1.165, 1.54) is 16.7 Å². The molecular formula is C22H24F2N2O4S. The van der Waals surface area contributed by atoms with Crippen molar-refractivity contribution in [2.75, 3.05) is 12.9 Å². The van der Waals surface area contributed by atoms with Crippen molar-refractivity contribution in [3.63, 3.8) is 0 Å². The van der Waals surface area contributed by atoms with E-state index in [-0.39, 0.29) is 35.8 Å². The van der Waals surface area contributed by atoms with Gasteiger partial charge in [-0.2, -0.15) is 0 Å². The highest BCUT2D eigenvalue weighted by Gasteiger charge is 2.35. The lowest BCUT2D eigenvalue weighted by molar-refractivity contribution is -0.0498. The van der Waals surface area contributed by atoms with Crippen LogP contribution in [-0.2, 0) is 16.9 Å². The first-order valence-corrected chi connectivity index (χ1v) is 12.0. The molecule has 2 aromatic heterocycles. The maximum atomic E-state index is 13.4. The van der Waals surface area contributed by atoms with Gasteiger partial charge >= 0.3 is 0 Å². The van der Waals surface area contributed by atoms with Crippen molar-refractivity contribution >= 4 is 20.7 Å². The van der Waals surface area contributed by atoms with Crippen molar-refractivity contribution in [3.8, 4) is 16.9 Å². The third-order valence-corrected chi connectivity index (χ3v) is 7.01. The van der Waals surface area contributed by atoms with Crippen LogP contribution in [-0.4, -0.2) is 36.8 Å². The number of pyridine rings is 1. The summed E-state index contributed by atoms with van der Waals surface area (Å²) in [4.78, 5) is 15.5. The lowest BCUT2D eigenvalue weighted by Gasteiger charge is -2.28. The monoisotopic (exact) mass is 450 g/mol. The minimum absolute atomic E-state index is 0.0114. The Balaban J connectivity index is 1.72. The van der Waals surface area contributed by atoms with Crippen LogP contribution in [0.25, 0.3) is 22.0 Å². The Kier molecular flexibility index (Phi) is 5.41. The van der Waals surface area contributed by atoms with Gasteiger partial charge < -0.3 is 14.3 Å². The molecule has 1 saturated carbocycles. The van der Waals surface area contributed by atoms with Gasteiger partial charge in [-0.15, -0.1) is 0 Å². The van der Waals surface area contributed by atoms with Crippen LogP contribution in [0.4, 0.5) is 8.78 Å². The van der Waals surface area contributed by atoms with Crippen molar-refractivity contribution < 1.29 is 21.9 Å². The molecule has 0 bridgehead atoms. The molecule has 1 aliphatic carbocycles. The number of halogens is 2. The van der Waals surface area contributed by atoms with Crippen molar-refractivity contribution in [3.05, 3.63) is 47.0 Å². The molecule has 1 aliphatic rings. The number of benzene rings is 1. The third kappa shape index (κ3) is 4.37. The lowest BCUT2D eigenvalue weighted by Crippen LogP contribution is -2.27. The Morgan fingerprint density at radius 1 is 1.19 bits per heavy atom. The van der Waals surface area contributed by atoms with E-state index in [2.05, 4.69) is 4.98 Å². The molecule has 1 N–H and O–H groups in total. The van der Waals surface area contributed by atoms with Crippen LogP contribution >= 0.6 is 0 Å². The number of hydrogen-bond acceptors (Lipinski definition) is 4. The Morgan fingerprint density at radius 2 is 1.90 bits per heavy atom. The molecular weight excluding hydrogens is 426 g/mol. The Labute approximate surface area is 178 Å². The van der Waals surface area contributed by atoms with Gasteiger partial charge in [0.05, 0.1) is 11.5 Å². The maximum absolute atomic E-state index is 13.4. The van der Waals surface area contributed by atoms with Gasteiger partial charge in [-0.1, -0.05) is 0 Å². The molecule has 1 fully saturated rings. The van der Waals surface area contributed by atoms with Gasteiger partial charge in [0.25, 0.3) is 5.56 Å². The van der Waals surface area contributed by atoms with E-state index in [1.54, 1.807) is 31.6 Å². The number of hydrogen-bond donors (Lipinski definition) is 1. The number of aromatic amines is 1. The molecule has 6 nitrogen and oxygen atoms in total. The number of nitrogens with zero attached hydrogens (tertiary/aromatic N) is 1. The molecule has 31 heavy (non-hydrogen) atoms. The average molecular weight is 451 g/mol. The molecule has 0 unspecified atom stereocenters. The molecule has 1 aromatic carbocycles. The fraction of sp³-hybridized carbons (Fsp3) is 0.409. The molecule has 4 rings (SSSR count). The Bertz CT molecular complexity index is 1280. The summed E-state index contributed by atoms with van der Waals surface area (Å²) in [5, 5.41) is 0.649. The van der Waals surface area contributed by atoms with Crippen LogP contribution < -0.4 is 10.3 Å². The first-order valence-electron chi connectivity index (χ1n) is 10.1. The second kappa shape index (κ2) is 7.78. The van der Waals surface area contributed by atoms with E-state index in [0.29, 0.717) is 40.6 Å². The maximum Gasteiger partial charge on any atom is 0.274 e.